The van der Waals surface area contributed by atoms with Crippen LogP contribution in [0.15, 0.2) is 76.6 Å². The third kappa shape index (κ3) is 5.60. The molecule has 2 heterocycles. The highest BCUT2D eigenvalue weighted by atomic mass is 35.5. The van der Waals surface area contributed by atoms with Crippen molar-refractivity contribution in [3.63, 3.8) is 0 Å². The molecule has 5 rings (SSSR count). The van der Waals surface area contributed by atoms with E-state index in [1.807, 2.05) is 18.2 Å². The molecule has 1 fully saturated rings. The second-order valence-corrected chi connectivity index (χ2v) is 11.4. The van der Waals surface area contributed by atoms with Gasteiger partial charge in [-0.25, -0.2) is 9.18 Å². The van der Waals surface area contributed by atoms with E-state index in [2.05, 4.69) is 10.2 Å². The smallest absolute Gasteiger partial charge is 0.337 e. The maximum Gasteiger partial charge on any atom is 0.337 e. The number of aliphatic hydroxyl groups excluding tert-OH is 1. The fourth-order valence-corrected chi connectivity index (χ4v) is 6.50. The molecule has 42 heavy (non-hydrogen) atoms. The molecular weight excluding hydrogens is 605 g/mol. The SMILES string of the molecule is COC(=O)c1ccc(C2/C(=C(/O)c3ccc(OC)c(F)c3)C(=O)C(=O)N2c2nnc(SCc3ccccc3Cl)s2)cc1. The first-order valence-electron chi connectivity index (χ1n) is 12.3. The lowest BCUT2D eigenvalue weighted by atomic mass is 9.94. The zero-order valence-electron chi connectivity index (χ0n) is 22.0. The van der Waals surface area contributed by atoms with Crippen LogP contribution in [0.3, 0.4) is 0 Å². The Morgan fingerprint density at radius 1 is 1.07 bits per heavy atom. The number of hydrogen-bond acceptors (Lipinski definition) is 10. The molecule has 1 saturated heterocycles. The Bertz CT molecular complexity index is 1730. The van der Waals surface area contributed by atoms with Crippen molar-refractivity contribution in [1.82, 2.24) is 10.2 Å². The van der Waals surface area contributed by atoms with Crippen molar-refractivity contribution in [3.05, 3.63) is 105 Å². The Labute approximate surface area is 252 Å². The standard InChI is InChI=1S/C29H21ClFN3O6S2/c1-39-21-12-11-17(13-20(21)31)24(35)22-23(15-7-9-16(10-8-15)27(38)40-2)34(26(37)25(22)36)28-32-33-29(42-28)41-14-18-5-3-4-6-19(18)30/h3-13,23,35H,14H2,1-2H3/b24-22-. The number of anilines is 1. The number of nitrogens with zero attached hydrogens (tertiary/aromatic N) is 3. The predicted octanol–water partition coefficient (Wildman–Crippen LogP) is 6.04. The molecule has 1 aromatic heterocycles. The van der Waals surface area contributed by atoms with Crippen molar-refractivity contribution in [2.45, 2.75) is 16.1 Å². The summed E-state index contributed by atoms with van der Waals surface area (Å²) >= 11 is 8.70. The number of ketones is 1. The first-order chi connectivity index (χ1) is 20.2. The summed E-state index contributed by atoms with van der Waals surface area (Å²) in [6, 6.07) is 15.9. The molecule has 214 valence electrons. The van der Waals surface area contributed by atoms with Crippen LogP contribution in [0.2, 0.25) is 5.02 Å². The van der Waals surface area contributed by atoms with Crippen molar-refractivity contribution >= 4 is 63.3 Å². The number of Topliss-reactive ketones (excluding diaryl/α,β-unsaturated/α-hetero) is 1. The number of carbonyl (C=O) groups is 3. The van der Waals surface area contributed by atoms with Crippen LogP contribution in [0.1, 0.15) is 33.1 Å². The Morgan fingerprint density at radius 3 is 2.45 bits per heavy atom. The maximum absolute atomic E-state index is 14.5. The Kier molecular flexibility index (Phi) is 8.57. The summed E-state index contributed by atoms with van der Waals surface area (Å²) in [6.07, 6.45) is 0. The molecule has 0 aliphatic carbocycles. The number of carbonyl (C=O) groups excluding carboxylic acids is 3. The lowest BCUT2D eigenvalue weighted by Crippen LogP contribution is -2.29. The number of benzene rings is 3. The van der Waals surface area contributed by atoms with Crippen LogP contribution in [0.5, 0.6) is 5.75 Å². The van der Waals surface area contributed by atoms with E-state index in [1.165, 1.54) is 62.4 Å². The zero-order chi connectivity index (χ0) is 30.0. The second-order valence-electron chi connectivity index (χ2n) is 8.86. The van der Waals surface area contributed by atoms with E-state index in [1.54, 1.807) is 6.07 Å². The lowest BCUT2D eigenvalue weighted by Gasteiger charge is -2.22. The van der Waals surface area contributed by atoms with Crippen molar-refractivity contribution < 1.29 is 33.4 Å². The fraction of sp³-hybridized carbons (Fsp3) is 0.138. The number of amides is 1. The van der Waals surface area contributed by atoms with Gasteiger partial charge in [0.15, 0.2) is 15.9 Å². The Hall–Kier alpha value is -4.26. The van der Waals surface area contributed by atoms with E-state index >= 15 is 0 Å². The van der Waals surface area contributed by atoms with Gasteiger partial charge in [0, 0.05) is 16.3 Å². The molecule has 9 nitrogen and oxygen atoms in total. The molecule has 0 spiro atoms. The summed E-state index contributed by atoms with van der Waals surface area (Å²) < 4.78 is 24.7. The monoisotopic (exact) mass is 625 g/mol. The summed E-state index contributed by atoms with van der Waals surface area (Å²) in [5.74, 6) is -3.44. The average molecular weight is 626 g/mol. The van der Waals surface area contributed by atoms with E-state index in [0.717, 1.165) is 27.9 Å². The van der Waals surface area contributed by atoms with Gasteiger partial charge in [0.05, 0.1) is 31.4 Å². The van der Waals surface area contributed by atoms with Gasteiger partial charge in [0.2, 0.25) is 5.13 Å². The molecule has 1 unspecified atom stereocenters. The minimum atomic E-state index is -1.16. The number of esters is 1. The van der Waals surface area contributed by atoms with Crippen LogP contribution >= 0.6 is 34.7 Å². The molecule has 13 heteroatoms. The maximum atomic E-state index is 14.5. The number of aromatic nitrogens is 2. The predicted molar refractivity (Wildman–Crippen MR) is 156 cm³/mol. The van der Waals surface area contributed by atoms with E-state index in [9.17, 15) is 23.9 Å². The highest BCUT2D eigenvalue weighted by Gasteiger charge is 2.48. The summed E-state index contributed by atoms with van der Waals surface area (Å²) in [5.41, 5.74) is 1.20. The van der Waals surface area contributed by atoms with Crippen molar-refractivity contribution in [2.75, 3.05) is 19.1 Å². The summed E-state index contributed by atoms with van der Waals surface area (Å²) in [7, 11) is 2.54. The molecule has 0 saturated carbocycles. The van der Waals surface area contributed by atoms with E-state index in [-0.39, 0.29) is 27.6 Å². The van der Waals surface area contributed by atoms with Gasteiger partial charge in [-0.1, -0.05) is 65.0 Å². The molecule has 0 bridgehead atoms. The largest absolute Gasteiger partial charge is 0.507 e. The molecular formula is C29H21ClFN3O6S2. The van der Waals surface area contributed by atoms with Crippen LogP contribution in [-0.2, 0) is 20.1 Å². The van der Waals surface area contributed by atoms with Gasteiger partial charge in [0.25, 0.3) is 5.78 Å². The Balaban J connectivity index is 1.57. The van der Waals surface area contributed by atoms with Crippen molar-refractivity contribution in [3.8, 4) is 5.75 Å². The van der Waals surface area contributed by atoms with Gasteiger partial charge in [-0.3, -0.25) is 14.5 Å². The van der Waals surface area contributed by atoms with Crippen LogP contribution in [0.25, 0.3) is 5.76 Å². The Morgan fingerprint density at radius 2 is 1.79 bits per heavy atom. The minimum Gasteiger partial charge on any atom is -0.507 e. The van der Waals surface area contributed by atoms with Gasteiger partial charge in [-0.15, -0.1) is 10.2 Å². The van der Waals surface area contributed by atoms with E-state index in [0.29, 0.717) is 20.7 Å². The van der Waals surface area contributed by atoms with Gasteiger partial charge in [-0.05, 0) is 47.5 Å². The molecule has 1 amide bonds. The van der Waals surface area contributed by atoms with Gasteiger partial charge in [0.1, 0.15) is 5.76 Å². The lowest BCUT2D eigenvalue weighted by molar-refractivity contribution is -0.132. The number of halogens is 2. The fourth-order valence-electron chi connectivity index (χ4n) is 4.35. The van der Waals surface area contributed by atoms with Crippen LogP contribution in [0.4, 0.5) is 9.52 Å². The quantitative estimate of drug-likeness (QED) is 0.0624. The molecule has 1 aliphatic rings. The average Bonchev–Trinajstić information content (AvgIpc) is 3.57. The second kappa shape index (κ2) is 12.3. The molecule has 1 N–H and O–H groups in total. The number of thioether (sulfide) groups is 1. The highest BCUT2D eigenvalue weighted by molar-refractivity contribution is 8.00. The highest BCUT2D eigenvalue weighted by Crippen LogP contribution is 2.44. The minimum absolute atomic E-state index is 0.0317. The van der Waals surface area contributed by atoms with Crippen molar-refractivity contribution in [2.24, 2.45) is 0 Å². The van der Waals surface area contributed by atoms with E-state index in [4.69, 9.17) is 21.1 Å². The van der Waals surface area contributed by atoms with Crippen LogP contribution in [-0.4, -0.2) is 47.2 Å². The third-order valence-electron chi connectivity index (χ3n) is 6.43. The molecule has 0 radical (unpaired) electrons. The van der Waals surface area contributed by atoms with Gasteiger partial charge in [-0.2, -0.15) is 0 Å². The van der Waals surface area contributed by atoms with E-state index < -0.39 is 35.3 Å². The molecule has 1 atom stereocenters. The topological polar surface area (TPSA) is 119 Å². The van der Waals surface area contributed by atoms with Crippen LogP contribution in [0, 0.1) is 5.82 Å². The van der Waals surface area contributed by atoms with Crippen molar-refractivity contribution in [1.29, 1.82) is 0 Å². The van der Waals surface area contributed by atoms with Gasteiger partial charge >= 0.3 is 11.9 Å². The first-order valence-corrected chi connectivity index (χ1v) is 14.4. The number of methoxy groups -OCH3 is 2. The number of aliphatic hydroxyl groups is 1. The number of hydrogen-bond donors (Lipinski definition) is 1. The molecule has 1 aliphatic heterocycles. The van der Waals surface area contributed by atoms with Gasteiger partial charge < -0.3 is 14.6 Å². The normalized spacial score (nSPS) is 16.1. The number of rotatable bonds is 8. The summed E-state index contributed by atoms with van der Waals surface area (Å²) in [6.45, 7) is 0. The third-order valence-corrected chi connectivity index (χ3v) is 8.90. The summed E-state index contributed by atoms with van der Waals surface area (Å²) in [5, 5.41) is 20.3. The molecule has 4 aromatic rings. The molecule has 3 aromatic carbocycles. The number of ether oxygens (including phenoxy) is 2. The summed E-state index contributed by atoms with van der Waals surface area (Å²) in [4.78, 5) is 40.0. The first kappa shape index (κ1) is 29.2. The zero-order valence-corrected chi connectivity index (χ0v) is 24.4. The van der Waals surface area contributed by atoms with Crippen LogP contribution < -0.4 is 9.64 Å².